The number of aryl methyl sites for hydroxylation is 2. The molecule has 2 saturated heterocycles. The number of alkyl halides is 3. The molecule has 2 aromatic rings. The lowest BCUT2D eigenvalue weighted by molar-refractivity contribution is -0.274. The lowest BCUT2D eigenvalue weighted by atomic mass is 9.89. The maximum absolute atomic E-state index is 13.3. The molecule has 2 spiro atoms. The molecule has 0 bridgehead atoms. The molecule has 0 radical (unpaired) electrons. The Kier molecular flexibility index (Phi) is 7.03. The van der Waals surface area contributed by atoms with E-state index < -0.39 is 39.2 Å². The van der Waals surface area contributed by atoms with E-state index in [2.05, 4.69) is 20.4 Å². The van der Waals surface area contributed by atoms with Crippen LogP contribution in [-0.2, 0) is 26.0 Å². The first-order valence-corrected chi connectivity index (χ1v) is 15.7. The fraction of sp³-hybridized carbons (Fsp3) is 0.448. The van der Waals surface area contributed by atoms with E-state index in [1.54, 1.807) is 0 Å². The van der Waals surface area contributed by atoms with Crippen molar-refractivity contribution in [1.29, 1.82) is 0 Å². The van der Waals surface area contributed by atoms with Crippen LogP contribution in [0.2, 0.25) is 0 Å². The van der Waals surface area contributed by atoms with E-state index in [4.69, 9.17) is 0 Å². The molecule has 44 heavy (non-hydrogen) atoms. The number of nitrogens with one attached hydrogen (secondary N) is 2. The van der Waals surface area contributed by atoms with Crippen LogP contribution in [0.5, 0.6) is 5.75 Å². The number of anilines is 1. The quantitative estimate of drug-likeness (QED) is 0.450. The van der Waals surface area contributed by atoms with E-state index in [-0.39, 0.29) is 55.8 Å². The van der Waals surface area contributed by atoms with Gasteiger partial charge in [0.15, 0.2) is 0 Å². The van der Waals surface area contributed by atoms with Crippen molar-refractivity contribution in [3.8, 4) is 5.75 Å². The molecule has 11 nitrogen and oxygen atoms in total. The predicted molar refractivity (Wildman–Crippen MR) is 153 cm³/mol. The topological polar surface area (TPSA) is 137 Å². The summed E-state index contributed by atoms with van der Waals surface area (Å²) in [5.74, 6) is -1.01. The molecule has 15 heteroatoms. The highest BCUT2D eigenvalue weighted by molar-refractivity contribution is 7.89. The van der Waals surface area contributed by atoms with E-state index in [1.165, 1.54) is 21.3 Å². The highest BCUT2D eigenvalue weighted by Gasteiger charge is 2.62. The van der Waals surface area contributed by atoms with E-state index in [0.29, 0.717) is 24.1 Å². The van der Waals surface area contributed by atoms with Crippen molar-refractivity contribution in [1.82, 2.24) is 14.9 Å². The maximum atomic E-state index is 13.3. The molecular formula is C29H30F3N5O6S. The number of amidine groups is 1. The summed E-state index contributed by atoms with van der Waals surface area (Å²) in [7, 11) is -3.69. The minimum atomic E-state index is -4.82. The zero-order valence-corrected chi connectivity index (χ0v) is 24.8. The summed E-state index contributed by atoms with van der Waals surface area (Å²) >= 11 is 0. The first-order valence-electron chi connectivity index (χ1n) is 14.1. The summed E-state index contributed by atoms with van der Waals surface area (Å²) in [6.07, 6.45) is -3.07. The number of amides is 4. The molecule has 3 fully saturated rings. The van der Waals surface area contributed by atoms with Gasteiger partial charge in [0.1, 0.15) is 22.7 Å². The number of benzene rings is 2. The number of imide groups is 1. The van der Waals surface area contributed by atoms with Crippen molar-refractivity contribution in [2.75, 3.05) is 23.7 Å². The third kappa shape index (κ3) is 5.31. The molecule has 6 rings (SSSR count). The van der Waals surface area contributed by atoms with Gasteiger partial charge >= 0.3 is 12.4 Å². The zero-order valence-electron chi connectivity index (χ0n) is 24.0. The molecule has 234 valence electrons. The van der Waals surface area contributed by atoms with Crippen molar-refractivity contribution in [2.24, 2.45) is 4.99 Å². The SMILES string of the molecule is Cc1cc(N2C(=O)NC(=O)C23CC3)cc(C)c1CCS(=O)(=O)N1CCC2(CC1)N=C(c1ccc(OC(F)(F)F)cc1)NC2=O. The maximum Gasteiger partial charge on any atom is 0.573 e. The molecule has 0 unspecified atom stereocenters. The third-order valence-electron chi connectivity index (χ3n) is 8.83. The molecule has 2 N–H and O–H groups in total. The zero-order chi connectivity index (χ0) is 31.7. The molecule has 1 saturated carbocycles. The van der Waals surface area contributed by atoms with E-state index in [0.717, 1.165) is 28.8 Å². The van der Waals surface area contributed by atoms with Crippen LogP contribution in [0.25, 0.3) is 0 Å². The van der Waals surface area contributed by atoms with Gasteiger partial charge in [-0.2, -0.15) is 0 Å². The van der Waals surface area contributed by atoms with Crippen LogP contribution in [0.3, 0.4) is 0 Å². The number of piperidine rings is 1. The van der Waals surface area contributed by atoms with Crippen LogP contribution < -0.4 is 20.3 Å². The summed E-state index contributed by atoms with van der Waals surface area (Å²) in [6.45, 7) is 3.87. The van der Waals surface area contributed by atoms with E-state index in [1.807, 2.05) is 26.0 Å². The summed E-state index contributed by atoms with van der Waals surface area (Å²) < 4.78 is 69.3. The molecule has 4 amide bonds. The number of rotatable bonds is 7. The number of halogens is 3. The van der Waals surface area contributed by atoms with Gasteiger partial charge in [-0.3, -0.25) is 24.8 Å². The van der Waals surface area contributed by atoms with E-state index >= 15 is 0 Å². The second-order valence-corrected chi connectivity index (χ2v) is 13.8. The smallest absolute Gasteiger partial charge is 0.406 e. The van der Waals surface area contributed by atoms with Gasteiger partial charge in [0.25, 0.3) is 11.8 Å². The molecular weight excluding hydrogens is 603 g/mol. The lowest BCUT2D eigenvalue weighted by Gasteiger charge is -2.34. The monoisotopic (exact) mass is 633 g/mol. The molecule has 4 aliphatic rings. The van der Waals surface area contributed by atoms with Crippen molar-refractivity contribution in [3.05, 3.63) is 58.7 Å². The Morgan fingerprint density at radius 2 is 1.55 bits per heavy atom. The van der Waals surface area contributed by atoms with Crippen LogP contribution in [0.4, 0.5) is 23.7 Å². The van der Waals surface area contributed by atoms with Crippen LogP contribution in [0.15, 0.2) is 41.4 Å². The van der Waals surface area contributed by atoms with Gasteiger partial charge in [-0.15, -0.1) is 13.2 Å². The molecule has 3 aliphatic heterocycles. The second-order valence-electron chi connectivity index (χ2n) is 11.7. The Labute approximate surface area is 251 Å². The van der Waals surface area contributed by atoms with Crippen LogP contribution in [-0.4, -0.2) is 72.7 Å². The van der Waals surface area contributed by atoms with Gasteiger partial charge in [0, 0.05) is 24.3 Å². The van der Waals surface area contributed by atoms with Crippen LogP contribution in [0, 0.1) is 13.8 Å². The van der Waals surface area contributed by atoms with Gasteiger partial charge in [0.05, 0.1) is 5.75 Å². The Balaban J connectivity index is 1.10. The van der Waals surface area contributed by atoms with E-state index in [9.17, 15) is 36.0 Å². The summed E-state index contributed by atoms with van der Waals surface area (Å²) in [5, 5.41) is 5.07. The van der Waals surface area contributed by atoms with Gasteiger partial charge in [-0.05, 0) is 99.0 Å². The summed E-state index contributed by atoms with van der Waals surface area (Å²) in [5.41, 5.74) is 1.52. The largest absolute Gasteiger partial charge is 0.573 e. The third-order valence-corrected chi connectivity index (χ3v) is 10.7. The molecule has 1 aliphatic carbocycles. The second kappa shape index (κ2) is 10.3. The number of nitrogens with zero attached hydrogens (tertiary/aromatic N) is 3. The lowest BCUT2D eigenvalue weighted by Crippen LogP contribution is -2.50. The Hall–Kier alpha value is -3.98. The number of ether oxygens (including phenoxy) is 1. The normalized spacial score (nSPS) is 21.1. The Morgan fingerprint density at radius 3 is 2.11 bits per heavy atom. The number of hydrogen-bond donors (Lipinski definition) is 2. The van der Waals surface area contributed by atoms with Crippen molar-refractivity contribution in [2.45, 2.75) is 63.4 Å². The highest BCUT2D eigenvalue weighted by atomic mass is 32.2. The fourth-order valence-electron chi connectivity index (χ4n) is 6.29. The van der Waals surface area contributed by atoms with Crippen molar-refractivity contribution >= 4 is 39.4 Å². The summed E-state index contributed by atoms with van der Waals surface area (Å²) in [6, 6.07) is 8.14. The first-order chi connectivity index (χ1) is 20.6. The van der Waals surface area contributed by atoms with Crippen molar-refractivity contribution in [3.63, 3.8) is 0 Å². The number of urea groups is 1. The van der Waals surface area contributed by atoms with Gasteiger partial charge < -0.3 is 10.1 Å². The van der Waals surface area contributed by atoms with Gasteiger partial charge in [0.2, 0.25) is 10.0 Å². The van der Waals surface area contributed by atoms with Crippen molar-refractivity contribution < 1.29 is 40.7 Å². The molecule has 2 aromatic carbocycles. The minimum absolute atomic E-state index is 0.0853. The minimum Gasteiger partial charge on any atom is -0.406 e. The van der Waals surface area contributed by atoms with Crippen LogP contribution >= 0.6 is 0 Å². The van der Waals surface area contributed by atoms with Crippen LogP contribution in [0.1, 0.15) is 47.9 Å². The highest BCUT2D eigenvalue weighted by Crippen LogP contribution is 2.47. The number of aliphatic imine (C=N–C) groups is 1. The Bertz CT molecular complexity index is 1670. The molecule has 0 atom stereocenters. The van der Waals surface area contributed by atoms with Gasteiger partial charge in [-0.25, -0.2) is 17.5 Å². The average Bonchev–Trinajstić information content (AvgIpc) is 3.61. The number of carbonyl (C=O) groups excluding carboxylic acids is 3. The standard InChI is InChI=1S/C29H30F3N5O6S/c1-17-15-20(37-26(40)34-25(39)28(37)8-9-28)16-18(2)22(17)7-14-44(41,42)36-12-10-27(11-13-36)24(38)33-23(35-27)19-3-5-21(6-4-19)43-29(30,31)32/h3-6,15-16H,7-14H2,1-2H3,(H,33,35,38)(H,34,39,40). The number of sulfonamides is 1. The summed E-state index contributed by atoms with van der Waals surface area (Å²) in [4.78, 5) is 43.7. The molecule has 0 aromatic heterocycles. The average molecular weight is 634 g/mol. The number of carbonyl (C=O) groups is 3. The Morgan fingerprint density at radius 1 is 0.932 bits per heavy atom. The molecule has 3 heterocycles. The van der Waals surface area contributed by atoms with Gasteiger partial charge in [-0.1, -0.05) is 0 Å². The predicted octanol–water partition coefficient (Wildman–Crippen LogP) is 3.07. The fourth-order valence-corrected chi connectivity index (χ4v) is 7.75. The number of hydrogen-bond acceptors (Lipinski definition) is 7. The first kappa shape index (κ1) is 30.1.